The fraction of sp³-hybridized carbons (Fsp3) is 0.576. The molecule has 0 N–H and O–H groups in total. The number of hydrogen-bond donors (Lipinski definition) is 0. The third kappa shape index (κ3) is 9.45. The topological polar surface area (TPSA) is 37.4 Å². The third-order valence-corrected chi connectivity index (χ3v) is 17.1. The number of hydrogen-bond acceptors (Lipinski definition) is 2. The van der Waals surface area contributed by atoms with Crippen molar-refractivity contribution in [3.63, 3.8) is 0 Å². The molecule has 2 saturated carbocycles. The lowest BCUT2D eigenvalue weighted by atomic mass is 10.0. The van der Waals surface area contributed by atoms with Crippen molar-refractivity contribution < 1.29 is 8.42 Å². The lowest BCUT2D eigenvalue weighted by Gasteiger charge is -2.30. The highest BCUT2D eigenvalue weighted by Crippen LogP contribution is 2.37. The number of benzene rings is 1. The first-order chi connectivity index (χ1) is 18.5. The molecule has 1 aromatic carbocycles. The smallest absolute Gasteiger partial charge is 0.207 e. The van der Waals surface area contributed by atoms with Crippen LogP contribution in [0.4, 0.5) is 0 Å². The molecule has 39 heavy (non-hydrogen) atoms. The Labute approximate surface area is 241 Å². The van der Waals surface area contributed by atoms with Gasteiger partial charge in [0.1, 0.15) is 16.1 Å². The summed E-state index contributed by atoms with van der Waals surface area (Å²) in [6.45, 7) is 11.4. The minimum atomic E-state index is -3.73. The molecule has 0 spiro atoms. The summed E-state index contributed by atoms with van der Waals surface area (Å²) in [4.78, 5) is 0.255. The SMILES string of the molecule is Cc1ccc(S(=O)(=O)N(CC#CC#C[Si](C)(C)C2CCCCC2)CC#CC#C[Si](C)(C)C2CCCCC2)cc1. The summed E-state index contributed by atoms with van der Waals surface area (Å²) in [7, 11) is -7.06. The van der Waals surface area contributed by atoms with Gasteiger partial charge in [-0.25, -0.2) is 8.42 Å². The highest BCUT2D eigenvalue weighted by Gasteiger charge is 2.32. The molecule has 0 bridgehead atoms. The van der Waals surface area contributed by atoms with Crippen molar-refractivity contribution in [2.75, 3.05) is 13.1 Å². The van der Waals surface area contributed by atoms with E-state index in [1.54, 1.807) is 12.1 Å². The van der Waals surface area contributed by atoms with Gasteiger partial charge in [0.25, 0.3) is 0 Å². The zero-order chi connectivity index (χ0) is 28.4. The maximum absolute atomic E-state index is 13.4. The summed E-state index contributed by atoms with van der Waals surface area (Å²) in [6.07, 6.45) is 13.1. The molecule has 0 radical (unpaired) electrons. The van der Waals surface area contributed by atoms with Crippen molar-refractivity contribution in [3.8, 4) is 46.6 Å². The summed E-state index contributed by atoms with van der Waals surface area (Å²) in [5.41, 5.74) is 9.46. The van der Waals surface area contributed by atoms with Gasteiger partial charge in [-0.2, -0.15) is 4.31 Å². The van der Waals surface area contributed by atoms with Gasteiger partial charge in [0.05, 0.1) is 18.0 Å². The lowest BCUT2D eigenvalue weighted by molar-refractivity contribution is 0.482. The van der Waals surface area contributed by atoms with Crippen LogP contribution in [-0.4, -0.2) is 42.0 Å². The van der Waals surface area contributed by atoms with Gasteiger partial charge < -0.3 is 0 Å². The summed E-state index contributed by atoms with van der Waals surface area (Å²) < 4.78 is 28.2. The normalized spacial score (nSPS) is 17.0. The quantitative estimate of drug-likeness (QED) is 0.267. The molecule has 2 aliphatic rings. The van der Waals surface area contributed by atoms with E-state index in [9.17, 15) is 8.42 Å². The van der Waals surface area contributed by atoms with Crippen molar-refractivity contribution in [3.05, 3.63) is 29.8 Å². The molecule has 2 fully saturated rings. The molecule has 0 aliphatic heterocycles. The van der Waals surface area contributed by atoms with Crippen LogP contribution >= 0.6 is 0 Å². The van der Waals surface area contributed by atoms with E-state index in [1.807, 2.05) is 19.1 Å². The Morgan fingerprint density at radius 2 is 1.10 bits per heavy atom. The van der Waals surface area contributed by atoms with Crippen LogP contribution in [0.1, 0.15) is 69.8 Å². The minimum absolute atomic E-state index is 0.0563. The second-order valence-corrected chi connectivity index (χ2v) is 23.3. The molecule has 208 valence electrons. The van der Waals surface area contributed by atoms with Gasteiger partial charge in [-0.05, 0) is 53.8 Å². The maximum atomic E-state index is 13.4. The molecule has 6 heteroatoms. The average Bonchev–Trinajstić information content (AvgIpc) is 2.92. The first kappa shape index (κ1) is 31.3. The van der Waals surface area contributed by atoms with Crippen molar-refractivity contribution >= 4 is 26.2 Å². The first-order valence-electron chi connectivity index (χ1n) is 14.6. The Balaban J connectivity index is 1.74. The predicted molar refractivity (Wildman–Crippen MR) is 170 cm³/mol. The Morgan fingerprint density at radius 1 is 0.692 bits per heavy atom. The van der Waals surface area contributed by atoms with E-state index in [2.05, 4.69) is 72.8 Å². The van der Waals surface area contributed by atoms with Crippen molar-refractivity contribution in [1.29, 1.82) is 0 Å². The molecule has 0 atom stereocenters. The highest BCUT2D eigenvalue weighted by atomic mass is 32.2. The van der Waals surface area contributed by atoms with Crippen LogP contribution in [0.5, 0.6) is 0 Å². The average molecular weight is 576 g/mol. The maximum Gasteiger partial charge on any atom is 0.244 e. The van der Waals surface area contributed by atoms with Crippen LogP contribution in [0, 0.1) is 53.5 Å². The van der Waals surface area contributed by atoms with E-state index < -0.39 is 26.2 Å². The van der Waals surface area contributed by atoms with E-state index in [-0.39, 0.29) is 18.0 Å². The first-order valence-corrected chi connectivity index (χ1v) is 22.2. The van der Waals surface area contributed by atoms with Gasteiger partial charge in [0.2, 0.25) is 10.0 Å². The second-order valence-electron chi connectivity index (χ2n) is 12.3. The predicted octanol–water partition coefficient (Wildman–Crippen LogP) is 7.16. The van der Waals surface area contributed by atoms with Gasteiger partial charge in [-0.15, -0.1) is 11.1 Å². The molecule has 3 nitrogen and oxygen atoms in total. The van der Waals surface area contributed by atoms with Crippen LogP contribution in [-0.2, 0) is 10.0 Å². The van der Waals surface area contributed by atoms with Gasteiger partial charge in [0, 0.05) is 0 Å². The van der Waals surface area contributed by atoms with Crippen LogP contribution < -0.4 is 0 Å². The van der Waals surface area contributed by atoms with Crippen LogP contribution in [0.2, 0.25) is 37.3 Å². The summed E-state index contributed by atoms with van der Waals surface area (Å²) >= 11 is 0. The molecule has 2 aliphatic carbocycles. The summed E-state index contributed by atoms with van der Waals surface area (Å²) in [6, 6.07) is 6.92. The molecular formula is C33H45NO2SSi2. The largest absolute Gasteiger partial charge is 0.244 e. The molecule has 3 rings (SSSR count). The molecule has 0 amide bonds. The Bertz CT molecular complexity index is 1250. The third-order valence-electron chi connectivity index (χ3n) is 8.49. The van der Waals surface area contributed by atoms with E-state index in [1.165, 1.54) is 68.5 Å². The van der Waals surface area contributed by atoms with Crippen LogP contribution in [0.15, 0.2) is 29.2 Å². The van der Waals surface area contributed by atoms with Gasteiger partial charge in [-0.3, -0.25) is 0 Å². The fourth-order valence-corrected chi connectivity index (χ4v) is 11.8. The number of rotatable bonds is 6. The van der Waals surface area contributed by atoms with Crippen LogP contribution in [0.25, 0.3) is 0 Å². The summed E-state index contributed by atoms with van der Waals surface area (Å²) in [5, 5.41) is 0. The van der Waals surface area contributed by atoms with Crippen LogP contribution in [0.3, 0.4) is 0 Å². The van der Waals surface area contributed by atoms with E-state index >= 15 is 0 Å². The van der Waals surface area contributed by atoms with Crippen molar-refractivity contribution in [2.24, 2.45) is 0 Å². The zero-order valence-electron chi connectivity index (χ0n) is 24.6. The molecule has 0 aromatic heterocycles. The monoisotopic (exact) mass is 575 g/mol. The van der Waals surface area contributed by atoms with E-state index in [4.69, 9.17) is 0 Å². The molecule has 0 saturated heterocycles. The Morgan fingerprint density at radius 3 is 1.51 bits per heavy atom. The van der Waals surface area contributed by atoms with E-state index in [0.29, 0.717) is 0 Å². The molecular weight excluding hydrogens is 531 g/mol. The van der Waals surface area contributed by atoms with Crippen molar-refractivity contribution in [2.45, 2.75) is 113 Å². The van der Waals surface area contributed by atoms with E-state index in [0.717, 1.165) is 16.6 Å². The minimum Gasteiger partial charge on any atom is -0.207 e. The number of nitrogens with zero attached hydrogens (tertiary/aromatic N) is 1. The molecule has 0 heterocycles. The van der Waals surface area contributed by atoms with Gasteiger partial charge in [-0.1, -0.05) is 120 Å². The lowest BCUT2D eigenvalue weighted by Crippen LogP contribution is -2.32. The standard InChI is InChI=1S/C33H45NO2SSi2/c1-30-22-24-31(25-23-30)37(35,36)34(26-14-8-16-28-38(2,3)32-18-10-6-11-19-32)27-15-9-17-29-39(4,5)33-20-12-7-13-21-33/h22-25,32-33H,6-7,10-13,18-21,26-27H2,1-5H3. The highest BCUT2D eigenvalue weighted by molar-refractivity contribution is 7.89. The molecule has 0 unspecified atom stereocenters. The molecule has 1 aromatic rings. The fourth-order valence-electron chi connectivity index (χ4n) is 5.67. The van der Waals surface area contributed by atoms with Gasteiger partial charge in [0.15, 0.2) is 0 Å². The number of aryl methyl sites for hydroxylation is 1. The van der Waals surface area contributed by atoms with Gasteiger partial charge >= 0.3 is 0 Å². The summed E-state index contributed by atoms with van der Waals surface area (Å²) in [5.74, 6) is 18.1. The Hall–Kier alpha value is -2.20. The Kier molecular flexibility index (Phi) is 11.6. The zero-order valence-corrected chi connectivity index (χ0v) is 27.4. The number of sulfonamides is 1. The second kappa shape index (κ2) is 14.4. The van der Waals surface area contributed by atoms with Crippen molar-refractivity contribution in [1.82, 2.24) is 4.31 Å².